The smallest absolute Gasteiger partial charge is 0.301 e. The Morgan fingerprint density at radius 3 is 2.40 bits per heavy atom. The Balaban J connectivity index is 2.03. The molecule has 0 amide bonds. The largest absolute Gasteiger partial charge is 0.416 e. The van der Waals surface area contributed by atoms with Crippen LogP contribution in [-0.4, -0.2) is 25.2 Å². The second-order valence-electron chi connectivity index (χ2n) is 7.50. The van der Waals surface area contributed by atoms with Crippen LogP contribution in [0.25, 0.3) is 22.6 Å². The molecule has 0 aliphatic rings. The number of rotatable bonds is 5. The maximum absolute atomic E-state index is 13.3. The Hall–Kier alpha value is -4.72. The lowest BCUT2D eigenvalue weighted by Gasteiger charge is -2.18. The molecule has 2 aromatic carbocycles. The molecule has 0 bridgehead atoms. The molecule has 8 nitrogen and oxygen atoms in total. The van der Waals surface area contributed by atoms with E-state index >= 15 is 0 Å². The van der Waals surface area contributed by atoms with Crippen LogP contribution in [0.4, 0.5) is 13.2 Å². The average molecular weight is 479 g/mol. The van der Waals surface area contributed by atoms with Crippen LogP contribution in [0.2, 0.25) is 0 Å². The van der Waals surface area contributed by atoms with E-state index in [-0.39, 0.29) is 22.6 Å². The molecule has 0 saturated carbocycles. The predicted molar refractivity (Wildman–Crippen MR) is 119 cm³/mol. The molecule has 2 aromatic heterocycles. The molecule has 0 fully saturated rings. The third-order valence-electron chi connectivity index (χ3n) is 5.41. The van der Waals surface area contributed by atoms with E-state index in [0.717, 1.165) is 22.8 Å². The van der Waals surface area contributed by atoms with E-state index in [1.165, 1.54) is 29.9 Å². The van der Waals surface area contributed by atoms with E-state index in [1.807, 2.05) is 6.07 Å². The fourth-order valence-corrected chi connectivity index (χ4v) is 3.78. The quantitative estimate of drug-likeness (QED) is 0.409. The zero-order chi connectivity index (χ0) is 25.3. The zero-order valence-electron chi connectivity index (χ0n) is 18.2. The maximum Gasteiger partial charge on any atom is 0.416 e. The van der Waals surface area contributed by atoms with Crippen LogP contribution < -0.4 is 11.2 Å². The minimum atomic E-state index is -4.65. The number of aromatic nitrogens is 4. The van der Waals surface area contributed by atoms with Gasteiger partial charge < -0.3 is 4.79 Å². The van der Waals surface area contributed by atoms with Gasteiger partial charge in [-0.1, -0.05) is 6.07 Å². The first-order chi connectivity index (χ1) is 16.7. The summed E-state index contributed by atoms with van der Waals surface area (Å²) in [4.78, 5) is 37.7. The molecule has 176 valence electrons. The summed E-state index contributed by atoms with van der Waals surface area (Å²) < 4.78 is 43.0. The Kier molecular flexibility index (Phi) is 5.96. The van der Waals surface area contributed by atoms with Crippen molar-refractivity contribution < 1.29 is 18.0 Å². The summed E-state index contributed by atoms with van der Waals surface area (Å²) in [5, 5.41) is 13.3. The molecule has 11 heteroatoms. The molecule has 35 heavy (non-hydrogen) atoms. The third-order valence-corrected chi connectivity index (χ3v) is 5.41. The van der Waals surface area contributed by atoms with Crippen LogP contribution in [0, 0.1) is 18.3 Å². The topological polar surface area (TPSA) is 103 Å². The molecule has 0 atom stereocenters. The minimum absolute atomic E-state index is 0.0225. The van der Waals surface area contributed by atoms with Crippen molar-refractivity contribution in [1.82, 2.24) is 18.9 Å². The van der Waals surface area contributed by atoms with Gasteiger partial charge in [0.25, 0.3) is 5.56 Å². The first-order valence-electron chi connectivity index (χ1n) is 10.2. The van der Waals surface area contributed by atoms with Gasteiger partial charge in [-0.15, -0.1) is 0 Å². The summed E-state index contributed by atoms with van der Waals surface area (Å²) in [6.45, 7) is 0.842. The van der Waals surface area contributed by atoms with Gasteiger partial charge in [0.1, 0.15) is 6.29 Å². The number of alkyl halides is 3. The Morgan fingerprint density at radius 1 is 1.06 bits per heavy atom. The van der Waals surface area contributed by atoms with Gasteiger partial charge in [-0.2, -0.15) is 23.5 Å². The van der Waals surface area contributed by atoms with E-state index in [2.05, 4.69) is 5.10 Å². The van der Waals surface area contributed by atoms with Gasteiger partial charge in [-0.25, -0.2) is 9.48 Å². The zero-order valence-corrected chi connectivity index (χ0v) is 18.2. The number of nitrogens with zero attached hydrogens (tertiary/aromatic N) is 5. The van der Waals surface area contributed by atoms with Gasteiger partial charge in [-0.3, -0.25) is 13.9 Å². The van der Waals surface area contributed by atoms with E-state index < -0.39 is 29.5 Å². The fraction of sp³-hybridized carbons (Fsp3) is 0.125. The molecule has 4 rings (SSSR count). The van der Waals surface area contributed by atoms with Crippen LogP contribution in [0.3, 0.4) is 0 Å². The number of hydrogen-bond donors (Lipinski definition) is 0. The number of hydrogen-bond acceptors (Lipinski definition) is 5. The summed E-state index contributed by atoms with van der Waals surface area (Å²) >= 11 is 0. The van der Waals surface area contributed by atoms with Gasteiger partial charge in [0.15, 0.2) is 0 Å². The minimum Gasteiger partial charge on any atom is -0.301 e. The fourth-order valence-electron chi connectivity index (χ4n) is 3.78. The van der Waals surface area contributed by atoms with Crippen molar-refractivity contribution in [2.24, 2.45) is 0 Å². The van der Waals surface area contributed by atoms with Crippen molar-refractivity contribution in [3.05, 3.63) is 98.5 Å². The Labute approximate surface area is 195 Å². The average Bonchev–Trinajstić information content (AvgIpc) is 3.31. The number of nitriles is 1. The van der Waals surface area contributed by atoms with Crippen LogP contribution >= 0.6 is 0 Å². The first-order valence-corrected chi connectivity index (χ1v) is 10.2. The number of halogens is 3. The standard InChI is InChI=1S/C24H16F3N5O3/c1-15-21(20-9-10-29-32(20)18-7-5-16(14-28)6-8-18)22(34)30(11-12-33)23(35)31(15)19-4-2-3-17(13-19)24(25,26)27/h2-10,12-13H,11H2,1H3. The predicted octanol–water partition coefficient (Wildman–Crippen LogP) is 3.25. The SMILES string of the molecule is Cc1c(-c2ccnn2-c2ccc(C#N)cc2)c(=O)n(CC=O)c(=O)n1-c1cccc(C(F)(F)F)c1. The molecule has 0 N–H and O–H groups in total. The Morgan fingerprint density at radius 2 is 1.77 bits per heavy atom. The third kappa shape index (κ3) is 4.17. The van der Waals surface area contributed by atoms with E-state index in [1.54, 1.807) is 24.3 Å². The van der Waals surface area contributed by atoms with E-state index in [9.17, 15) is 27.6 Å². The summed E-state index contributed by atoms with van der Waals surface area (Å²) in [6, 6.07) is 14.0. The molecule has 0 spiro atoms. The highest BCUT2D eigenvalue weighted by Gasteiger charge is 2.31. The highest BCUT2D eigenvalue weighted by Crippen LogP contribution is 2.31. The lowest BCUT2D eigenvalue weighted by atomic mass is 10.1. The molecule has 2 heterocycles. The second-order valence-corrected chi connectivity index (χ2v) is 7.50. The van der Waals surface area contributed by atoms with Crippen LogP contribution in [-0.2, 0) is 17.5 Å². The van der Waals surface area contributed by atoms with Gasteiger partial charge >= 0.3 is 11.9 Å². The summed E-state index contributed by atoms with van der Waals surface area (Å²) in [5.41, 5.74) is -1.64. The van der Waals surface area contributed by atoms with Crippen molar-refractivity contribution in [3.8, 4) is 28.7 Å². The van der Waals surface area contributed by atoms with Gasteiger partial charge in [0.2, 0.25) is 0 Å². The highest BCUT2D eigenvalue weighted by molar-refractivity contribution is 5.65. The number of benzene rings is 2. The molecule has 0 radical (unpaired) electrons. The molecule has 0 unspecified atom stereocenters. The van der Waals surface area contributed by atoms with Crippen molar-refractivity contribution >= 4 is 6.29 Å². The lowest BCUT2D eigenvalue weighted by molar-refractivity contribution is -0.137. The van der Waals surface area contributed by atoms with Crippen molar-refractivity contribution in [1.29, 1.82) is 5.26 Å². The lowest BCUT2D eigenvalue weighted by Crippen LogP contribution is -2.42. The maximum atomic E-state index is 13.3. The summed E-state index contributed by atoms with van der Waals surface area (Å²) in [7, 11) is 0. The van der Waals surface area contributed by atoms with Gasteiger partial charge in [0.05, 0.1) is 52.6 Å². The molecular formula is C24H16F3N5O3. The highest BCUT2D eigenvalue weighted by atomic mass is 19.4. The number of aldehydes is 1. The van der Waals surface area contributed by atoms with Crippen LogP contribution in [0.15, 0.2) is 70.4 Å². The van der Waals surface area contributed by atoms with Gasteiger partial charge in [0, 0.05) is 5.69 Å². The Bertz CT molecular complexity index is 1590. The summed E-state index contributed by atoms with van der Waals surface area (Å²) in [6.07, 6.45) is -2.88. The van der Waals surface area contributed by atoms with E-state index in [0.29, 0.717) is 22.1 Å². The van der Waals surface area contributed by atoms with Crippen molar-refractivity contribution in [2.75, 3.05) is 0 Å². The van der Waals surface area contributed by atoms with Crippen molar-refractivity contribution in [3.63, 3.8) is 0 Å². The first kappa shape index (κ1) is 23.4. The second kappa shape index (κ2) is 8.90. The summed E-state index contributed by atoms with van der Waals surface area (Å²) in [5.74, 6) is 0. The van der Waals surface area contributed by atoms with Crippen LogP contribution in [0.1, 0.15) is 16.8 Å². The molecule has 0 saturated heterocycles. The molecule has 0 aliphatic heterocycles. The number of carbonyl (C=O) groups is 1. The van der Waals surface area contributed by atoms with E-state index in [4.69, 9.17) is 5.26 Å². The van der Waals surface area contributed by atoms with Gasteiger partial charge in [-0.05, 0) is 55.5 Å². The monoisotopic (exact) mass is 479 g/mol. The molecule has 4 aromatic rings. The van der Waals surface area contributed by atoms with Crippen molar-refractivity contribution in [2.45, 2.75) is 19.6 Å². The number of carbonyl (C=O) groups excluding carboxylic acids is 1. The van der Waals surface area contributed by atoms with Crippen LogP contribution in [0.5, 0.6) is 0 Å². The molecular weight excluding hydrogens is 463 g/mol. The molecule has 0 aliphatic carbocycles. The normalized spacial score (nSPS) is 11.3.